The molecule has 1 aromatic carbocycles. The van der Waals surface area contributed by atoms with Crippen molar-refractivity contribution in [3.8, 4) is 0 Å². The third-order valence-electron chi connectivity index (χ3n) is 3.06. The normalized spacial score (nSPS) is 10.3. The molecule has 0 bridgehead atoms. The zero-order valence-corrected chi connectivity index (χ0v) is 11.3. The summed E-state index contributed by atoms with van der Waals surface area (Å²) in [6, 6.07) is 4.95. The van der Waals surface area contributed by atoms with Crippen molar-refractivity contribution in [2.45, 2.75) is 20.3 Å². The van der Waals surface area contributed by atoms with E-state index >= 15 is 0 Å². The standard InChI is InChI=1S/C14H17FN4/c1-4-10-13(16-3)17-8-18-14(10)19-12-7-5-6-11(15)9(12)2/h5-8H,4H2,1-3H3,(H2,16,17,18,19). The third kappa shape index (κ3) is 2.65. The van der Waals surface area contributed by atoms with Gasteiger partial charge >= 0.3 is 0 Å². The Hall–Kier alpha value is -2.17. The van der Waals surface area contributed by atoms with Crippen LogP contribution in [0.5, 0.6) is 0 Å². The van der Waals surface area contributed by atoms with Gasteiger partial charge in [0.25, 0.3) is 0 Å². The van der Waals surface area contributed by atoms with Gasteiger partial charge in [0.05, 0.1) is 0 Å². The number of benzene rings is 1. The highest BCUT2D eigenvalue weighted by Crippen LogP contribution is 2.26. The summed E-state index contributed by atoms with van der Waals surface area (Å²) in [6.45, 7) is 3.77. The lowest BCUT2D eigenvalue weighted by Crippen LogP contribution is -2.05. The molecule has 0 spiro atoms. The Bertz CT molecular complexity index is 584. The smallest absolute Gasteiger partial charge is 0.139 e. The van der Waals surface area contributed by atoms with Crippen LogP contribution in [0.25, 0.3) is 0 Å². The van der Waals surface area contributed by atoms with Gasteiger partial charge in [0.15, 0.2) is 0 Å². The number of hydrogen-bond acceptors (Lipinski definition) is 4. The van der Waals surface area contributed by atoms with E-state index in [0.29, 0.717) is 11.4 Å². The number of hydrogen-bond donors (Lipinski definition) is 2. The molecule has 0 radical (unpaired) electrons. The quantitative estimate of drug-likeness (QED) is 0.885. The van der Waals surface area contributed by atoms with Gasteiger partial charge < -0.3 is 10.6 Å². The van der Waals surface area contributed by atoms with Crippen molar-refractivity contribution in [3.63, 3.8) is 0 Å². The topological polar surface area (TPSA) is 49.8 Å². The maximum atomic E-state index is 13.5. The molecule has 0 fully saturated rings. The lowest BCUT2D eigenvalue weighted by Gasteiger charge is -2.14. The van der Waals surface area contributed by atoms with E-state index in [1.807, 2.05) is 20.0 Å². The summed E-state index contributed by atoms with van der Waals surface area (Å²) in [5, 5.41) is 6.21. The molecule has 0 atom stereocenters. The first-order chi connectivity index (χ1) is 9.17. The van der Waals surface area contributed by atoms with Crippen molar-refractivity contribution in [3.05, 3.63) is 41.5 Å². The first-order valence-electron chi connectivity index (χ1n) is 6.21. The Morgan fingerprint density at radius 1 is 1.21 bits per heavy atom. The van der Waals surface area contributed by atoms with Crippen LogP contribution in [0.15, 0.2) is 24.5 Å². The van der Waals surface area contributed by atoms with E-state index in [1.54, 1.807) is 13.0 Å². The molecule has 2 aromatic rings. The summed E-state index contributed by atoms with van der Waals surface area (Å²) >= 11 is 0. The minimum Gasteiger partial charge on any atom is -0.373 e. The van der Waals surface area contributed by atoms with Crippen LogP contribution in [0.1, 0.15) is 18.1 Å². The molecule has 0 unspecified atom stereocenters. The van der Waals surface area contributed by atoms with Crippen LogP contribution >= 0.6 is 0 Å². The zero-order chi connectivity index (χ0) is 13.8. The largest absolute Gasteiger partial charge is 0.373 e. The predicted molar refractivity (Wildman–Crippen MR) is 75.4 cm³/mol. The molecule has 5 heteroatoms. The fourth-order valence-electron chi connectivity index (χ4n) is 1.94. The Labute approximate surface area is 112 Å². The van der Waals surface area contributed by atoms with Crippen molar-refractivity contribution in [2.75, 3.05) is 17.7 Å². The number of nitrogens with one attached hydrogen (secondary N) is 2. The van der Waals surface area contributed by atoms with Crippen LogP contribution in [0.4, 0.5) is 21.7 Å². The summed E-state index contributed by atoms with van der Waals surface area (Å²) in [5.74, 6) is 1.26. The predicted octanol–water partition coefficient (Wildman–Crippen LogP) is 3.27. The summed E-state index contributed by atoms with van der Waals surface area (Å²) in [6.07, 6.45) is 2.27. The van der Waals surface area contributed by atoms with Crippen LogP contribution in [0.3, 0.4) is 0 Å². The Kier molecular flexibility index (Phi) is 3.94. The minimum absolute atomic E-state index is 0.231. The van der Waals surface area contributed by atoms with Gasteiger partial charge in [-0.1, -0.05) is 13.0 Å². The highest BCUT2D eigenvalue weighted by molar-refractivity contribution is 5.66. The van der Waals surface area contributed by atoms with E-state index in [4.69, 9.17) is 0 Å². The zero-order valence-electron chi connectivity index (χ0n) is 11.3. The van der Waals surface area contributed by atoms with Crippen LogP contribution in [-0.2, 0) is 6.42 Å². The SMILES string of the molecule is CCc1c(NC)ncnc1Nc1cccc(F)c1C. The molecule has 100 valence electrons. The van der Waals surface area contributed by atoms with Crippen molar-refractivity contribution in [2.24, 2.45) is 0 Å². The Morgan fingerprint density at radius 3 is 2.63 bits per heavy atom. The molecule has 1 heterocycles. The van der Waals surface area contributed by atoms with Crippen molar-refractivity contribution in [1.29, 1.82) is 0 Å². The molecular formula is C14H17FN4. The van der Waals surface area contributed by atoms with E-state index in [2.05, 4.69) is 20.6 Å². The fraction of sp³-hybridized carbons (Fsp3) is 0.286. The molecule has 0 saturated heterocycles. The molecule has 0 aliphatic carbocycles. The van der Waals surface area contributed by atoms with Gasteiger partial charge in [0, 0.05) is 23.9 Å². The van der Waals surface area contributed by atoms with Gasteiger partial charge in [-0.05, 0) is 25.5 Å². The van der Waals surface area contributed by atoms with Crippen LogP contribution in [0.2, 0.25) is 0 Å². The summed E-state index contributed by atoms with van der Waals surface area (Å²) in [4.78, 5) is 8.41. The van der Waals surface area contributed by atoms with E-state index in [-0.39, 0.29) is 5.82 Å². The molecule has 0 aliphatic heterocycles. The summed E-state index contributed by atoms with van der Waals surface area (Å²) in [5.41, 5.74) is 2.28. The summed E-state index contributed by atoms with van der Waals surface area (Å²) < 4.78 is 13.5. The second kappa shape index (κ2) is 5.65. The monoisotopic (exact) mass is 260 g/mol. The Morgan fingerprint density at radius 2 is 1.95 bits per heavy atom. The molecule has 0 saturated carbocycles. The number of aromatic nitrogens is 2. The van der Waals surface area contributed by atoms with Gasteiger partial charge in [0.2, 0.25) is 0 Å². The maximum absolute atomic E-state index is 13.5. The number of rotatable bonds is 4. The fourth-order valence-corrected chi connectivity index (χ4v) is 1.94. The van der Waals surface area contributed by atoms with Gasteiger partial charge in [-0.3, -0.25) is 0 Å². The molecule has 0 aliphatic rings. The van der Waals surface area contributed by atoms with E-state index in [9.17, 15) is 4.39 Å². The molecule has 1 aromatic heterocycles. The lowest BCUT2D eigenvalue weighted by atomic mass is 10.1. The second-order valence-corrected chi connectivity index (χ2v) is 4.19. The van der Waals surface area contributed by atoms with Crippen LogP contribution in [-0.4, -0.2) is 17.0 Å². The van der Waals surface area contributed by atoms with E-state index < -0.39 is 0 Å². The maximum Gasteiger partial charge on any atom is 0.139 e. The first kappa shape index (κ1) is 13.3. The highest BCUT2D eigenvalue weighted by Gasteiger charge is 2.10. The van der Waals surface area contributed by atoms with Gasteiger partial charge in [0.1, 0.15) is 23.8 Å². The van der Waals surface area contributed by atoms with Crippen LogP contribution in [0, 0.1) is 12.7 Å². The Balaban J connectivity index is 2.41. The van der Waals surface area contributed by atoms with Gasteiger partial charge in [-0.15, -0.1) is 0 Å². The van der Waals surface area contributed by atoms with E-state index in [1.165, 1.54) is 12.4 Å². The van der Waals surface area contributed by atoms with Gasteiger partial charge in [-0.25, -0.2) is 14.4 Å². The highest BCUT2D eigenvalue weighted by atomic mass is 19.1. The van der Waals surface area contributed by atoms with Gasteiger partial charge in [-0.2, -0.15) is 0 Å². The van der Waals surface area contributed by atoms with Crippen LogP contribution < -0.4 is 10.6 Å². The van der Waals surface area contributed by atoms with Crippen molar-refractivity contribution in [1.82, 2.24) is 9.97 Å². The number of nitrogens with zero attached hydrogens (tertiary/aromatic N) is 2. The average molecular weight is 260 g/mol. The molecule has 4 nitrogen and oxygen atoms in total. The molecule has 19 heavy (non-hydrogen) atoms. The number of anilines is 3. The molecule has 0 amide bonds. The third-order valence-corrected chi connectivity index (χ3v) is 3.06. The van der Waals surface area contributed by atoms with Crippen molar-refractivity contribution >= 4 is 17.3 Å². The average Bonchev–Trinajstić information content (AvgIpc) is 2.43. The molecular weight excluding hydrogens is 243 g/mol. The number of halogens is 1. The molecule has 2 rings (SSSR count). The second-order valence-electron chi connectivity index (χ2n) is 4.19. The lowest BCUT2D eigenvalue weighted by molar-refractivity contribution is 0.619. The summed E-state index contributed by atoms with van der Waals surface area (Å²) in [7, 11) is 1.82. The van der Waals surface area contributed by atoms with E-state index in [0.717, 1.165) is 23.5 Å². The minimum atomic E-state index is -0.231. The van der Waals surface area contributed by atoms with Crippen molar-refractivity contribution < 1.29 is 4.39 Å². The first-order valence-corrected chi connectivity index (χ1v) is 6.21. The molecule has 2 N–H and O–H groups in total.